The molecule has 30 heavy (non-hydrogen) atoms. The van der Waals surface area contributed by atoms with Crippen LogP contribution in [0.25, 0.3) is 11.3 Å². The molecule has 1 amide bonds. The molecule has 154 valence electrons. The first kappa shape index (κ1) is 19.2. The molecule has 1 fully saturated rings. The summed E-state index contributed by atoms with van der Waals surface area (Å²) < 4.78 is 23.0. The summed E-state index contributed by atoms with van der Waals surface area (Å²) in [5.41, 5.74) is 1.14. The lowest BCUT2D eigenvalue weighted by molar-refractivity contribution is -0.167. The molecule has 1 N–H and O–H groups in total. The van der Waals surface area contributed by atoms with Gasteiger partial charge in [0.2, 0.25) is 11.8 Å². The number of amides is 1. The number of fused-ring (bicyclic) bond motifs is 4. The van der Waals surface area contributed by atoms with Crippen LogP contribution in [0.3, 0.4) is 0 Å². The second kappa shape index (κ2) is 7.18. The van der Waals surface area contributed by atoms with Gasteiger partial charge in [0, 0.05) is 10.0 Å². The molecule has 0 saturated carbocycles. The second-order valence-electron chi connectivity index (χ2n) is 6.65. The van der Waals surface area contributed by atoms with Crippen LogP contribution in [0.4, 0.5) is 5.13 Å². The maximum absolute atomic E-state index is 13.0. The van der Waals surface area contributed by atoms with E-state index in [2.05, 4.69) is 36.2 Å². The Labute approximate surface area is 183 Å². The molecule has 1 spiro atoms. The summed E-state index contributed by atoms with van der Waals surface area (Å²) in [5, 5.41) is 3.24. The largest absolute Gasteiger partial charge is 0.480 e. The molecule has 0 unspecified atom stereocenters. The van der Waals surface area contributed by atoms with Crippen LogP contribution in [0, 0.1) is 0 Å². The van der Waals surface area contributed by atoms with Gasteiger partial charge in [-0.15, -0.1) is 0 Å². The summed E-state index contributed by atoms with van der Waals surface area (Å²) in [7, 11) is 2.85. The van der Waals surface area contributed by atoms with Crippen LogP contribution in [-0.2, 0) is 10.3 Å². The number of anilines is 1. The Hall–Kier alpha value is -2.76. The van der Waals surface area contributed by atoms with Crippen LogP contribution in [0.15, 0.2) is 29.0 Å². The molecule has 2 aromatic heterocycles. The van der Waals surface area contributed by atoms with Crippen molar-refractivity contribution in [2.75, 3.05) is 32.8 Å². The molecule has 0 radical (unpaired) electrons. The van der Waals surface area contributed by atoms with Crippen LogP contribution in [-0.4, -0.2) is 48.3 Å². The number of benzene rings is 1. The van der Waals surface area contributed by atoms with E-state index in [1.54, 1.807) is 0 Å². The van der Waals surface area contributed by atoms with Gasteiger partial charge in [-0.2, -0.15) is 0 Å². The van der Waals surface area contributed by atoms with Gasteiger partial charge >= 0.3 is 0 Å². The first-order valence-corrected chi connectivity index (χ1v) is 10.5. The predicted molar refractivity (Wildman–Crippen MR) is 111 cm³/mol. The summed E-state index contributed by atoms with van der Waals surface area (Å²) >= 11 is 4.83. The van der Waals surface area contributed by atoms with Gasteiger partial charge in [0.05, 0.1) is 38.0 Å². The van der Waals surface area contributed by atoms with Crippen molar-refractivity contribution in [3.63, 3.8) is 0 Å². The van der Waals surface area contributed by atoms with E-state index in [4.69, 9.17) is 18.9 Å². The second-order valence-corrected chi connectivity index (χ2v) is 8.56. The number of methoxy groups -OCH3 is 2. The molecule has 11 heteroatoms. The van der Waals surface area contributed by atoms with E-state index in [9.17, 15) is 4.79 Å². The number of carbonyl (C=O) groups is 1. The van der Waals surface area contributed by atoms with Crippen molar-refractivity contribution in [3.05, 3.63) is 39.4 Å². The van der Waals surface area contributed by atoms with Gasteiger partial charge in [0.25, 0.3) is 5.91 Å². The molecule has 5 rings (SSSR count). The minimum atomic E-state index is -0.588. The Bertz CT molecular complexity index is 1140. The molecule has 1 aromatic carbocycles. The third-order valence-electron chi connectivity index (χ3n) is 4.83. The summed E-state index contributed by atoms with van der Waals surface area (Å²) in [6, 6.07) is 5.77. The Morgan fingerprint density at radius 3 is 2.60 bits per heavy atom. The molecular formula is C19H15BrN4O5S. The van der Waals surface area contributed by atoms with Crippen LogP contribution < -0.4 is 19.5 Å². The van der Waals surface area contributed by atoms with Gasteiger partial charge in [-0.3, -0.25) is 10.1 Å². The number of rotatable bonds is 4. The monoisotopic (exact) mass is 490 g/mol. The van der Waals surface area contributed by atoms with Crippen molar-refractivity contribution in [2.24, 2.45) is 0 Å². The smallest absolute Gasteiger partial charge is 0.268 e. The summed E-state index contributed by atoms with van der Waals surface area (Å²) in [6.45, 7) is 0.853. The van der Waals surface area contributed by atoms with Gasteiger partial charge < -0.3 is 18.9 Å². The van der Waals surface area contributed by atoms with Crippen molar-refractivity contribution < 1.29 is 23.7 Å². The third-order valence-corrected chi connectivity index (χ3v) is 6.48. The Morgan fingerprint density at radius 2 is 1.97 bits per heavy atom. The first-order valence-electron chi connectivity index (χ1n) is 8.87. The van der Waals surface area contributed by atoms with Crippen molar-refractivity contribution in [2.45, 2.75) is 5.60 Å². The maximum atomic E-state index is 13.0. The fourth-order valence-electron chi connectivity index (χ4n) is 3.39. The van der Waals surface area contributed by atoms with Crippen LogP contribution in [0.1, 0.15) is 15.2 Å². The maximum Gasteiger partial charge on any atom is 0.268 e. The highest BCUT2D eigenvalue weighted by Crippen LogP contribution is 2.51. The highest BCUT2D eigenvalue weighted by atomic mass is 79.9. The van der Waals surface area contributed by atoms with E-state index in [0.29, 0.717) is 18.3 Å². The lowest BCUT2D eigenvalue weighted by Gasteiger charge is -2.43. The van der Waals surface area contributed by atoms with Crippen LogP contribution in [0.2, 0.25) is 0 Å². The first-order chi connectivity index (χ1) is 14.5. The van der Waals surface area contributed by atoms with Crippen molar-refractivity contribution in [1.29, 1.82) is 0 Å². The van der Waals surface area contributed by atoms with E-state index in [-0.39, 0.29) is 17.3 Å². The highest BCUT2D eigenvalue weighted by Gasteiger charge is 2.50. The minimum absolute atomic E-state index is 0.0953. The molecular weight excluding hydrogens is 476 g/mol. The summed E-state index contributed by atoms with van der Waals surface area (Å²) in [4.78, 5) is 26.6. The van der Waals surface area contributed by atoms with Gasteiger partial charge in [0.1, 0.15) is 12.1 Å². The fourth-order valence-corrected chi connectivity index (χ4v) is 4.81. The minimum Gasteiger partial charge on any atom is -0.480 e. The number of thiazole rings is 1. The molecule has 0 aliphatic carbocycles. The normalized spacial score (nSPS) is 15.4. The number of aromatic nitrogens is 3. The number of hydrogen-bond donors (Lipinski definition) is 1. The Morgan fingerprint density at radius 1 is 1.23 bits per heavy atom. The van der Waals surface area contributed by atoms with E-state index in [1.165, 1.54) is 31.9 Å². The van der Waals surface area contributed by atoms with Crippen LogP contribution in [0.5, 0.6) is 17.5 Å². The Balaban J connectivity index is 1.54. The summed E-state index contributed by atoms with van der Waals surface area (Å²) in [6.07, 6.45) is 1.27. The fraction of sp³-hybridized carbons (Fsp3) is 0.263. The topological polar surface area (TPSA) is 105 Å². The standard InChI is InChI=1S/C19H15BrN4O5S/c1-26-16-12(17(27-2)22-8-21-16)15(25)24-18-23-13-10-4-3-9(20)5-11(10)29-19(6-28-7-19)14(13)30-18/h3-5,8H,6-7H2,1-2H3,(H,23,24,25). The Kier molecular flexibility index (Phi) is 4.60. The molecule has 2 aliphatic rings. The molecule has 3 aromatic rings. The number of carbonyl (C=O) groups excluding carboxylic acids is 1. The predicted octanol–water partition coefficient (Wildman–Crippen LogP) is 3.25. The molecule has 2 aliphatic heterocycles. The number of nitrogens with one attached hydrogen (secondary N) is 1. The van der Waals surface area contributed by atoms with Gasteiger partial charge in [-0.25, -0.2) is 15.0 Å². The molecule has 1 saturated heterocycles. The lowest BCUT2D eigenvalue weighted by atomic mass is 9.92. The van der Waals surface area contributed by atoms with Crippen molar-refractivity contribution >= 4 is 38.3 Å². The number of ether oxygens (including phenoxy) is 4. The highest BCUT2D eigenvalue weighted by molar-refractivity contribution is 9.10. The molecule has 9 nitrogen and oxygen atoms in total. The van der Waals surface area contributed by atoms with Crippen LogP contribution >= 0.6 is 27.3 Å². The number of hydrogen-bond acceptors (Lipinski definition) is 9. The molecule has 0 atom stereocenters. The quantitative estimate of drug-likeness (QED) is 0.593. The van der Waals surface area contributed by atoms with Gasteiger partial charge in [-0.1, -0.05) is 27.3 Å². The average molecular weight is 491 g/mol. The molecule has 4 heterocycles. The SMILES string of the molecule is COc1ncnc(OC)c1C(=O)Nc1nc2c(s1)C1(COC1)Oc1cc(Br)ccc1-2. The van der Waals surface area contributed by atoms with E-state index in [1.807, 2.05) is 18.2 Å². The zero-order valence-corrected chi connectivity index (χ0v) is 18.3. The lowest BCUT2D eigenvalue weighted by Crippen LogP contribution is -2.52. The van der Waals surface area contributed by atoms with Gasteiger partial charge in [0.15, 0.2) is 16.3 Å². The van der Waals surface area contributed by atoms with E-state index < -0.39 is 11.5 Å². The van der Waals surface area contributed by atoms with E-state index >= 15 is 0 Å². The van der Waals surface area contributed by atoms with Crippen molar-refractivity contribution in [3.8, 4) is 28.8 Å². The average Bonchev–Trinajstić information content (AvgIpc) is 3.14. The zero-order chi connectivity index (χ0) is 20.9. The number of nitrogens with zero attached hydrogens (tertiary/aromatic N) is 3. The summed E-state index contributed by atoms with van der Waals surface area (Å²) in [5.74, 6) is 0.473. The number of halogens is 1. The van der Waals surface area contributed by atoms with E-state index in [0.717, 1.165) is 26.4 Å². The molecule has 0 bridgehead atoms. The van der Waals surface area contributed by atoms with Gasteiger partial charge in [-0.05, 0) is 18.2 Å². The third kappa shape index (κ3) is 2.92. The van der Waals surface area contributed by atoms with Crippen molar-refractivity contribution in [1.82, 2.24) is 15.0 Å². The zero-order valence-electron chi connectivity index (χ0n) is 15.9.